The highest BCUT2D eigenvalue weighted by molar-refractivity contribution is 6.30. The fourth-order valence-electron chi connectivity index (χ4n) is 2.43. The van der Waals surface area contributed by atoms with E-state index in [0.29, 0.717) is 11.4 Å². The zero-order chi connectivity index (χ0) is 17.1. The van der Waals surface area contributed by atoms with Gasteiger partial charge in [-0.3, -0.25) is 9.48 Å². The van der Waals surface area contributed by atoms with Crippen molar-refractivity contribution in [1.82, 2.24) is 20.0 Å². The molecule has 1 aromatic carbocycles. The van der Waals surface area contributed by atoms with Crippen LogP contribution >= 0.6 is 11.6 Å². The number of carbonyl (C=O) groups is 1. The molecular formula is C17H16ClN5O. The Morgan fingerprint density at radius 3 is 2.54 bits per heavy atom. The molecule has 2 aromatic rings. The molecule has 0 bridgehead atoms. The van der Waals surface area contributed by atoms with Gasteiger partial charge in [0, 0.05) is 48.8 Å². The van der Waals surface area contributed by atoms with E-state index in [1.54, 1.807) is 17.1 Å². The average molecular weight is 342 g/mol. The van der Waals surface area contributed by atoms with E-state index in [-0.39, 0.29) is 0 Å². The Hall–Kier alpha value is -2.86. The molecule has 1 amide bonds. The highest BCUT2D eigenvalue weighted by Gasteiger charge is 2.21. The molecular weight excluding hydrogens is 326 g/mol. The summed E-state index contributed by atoms with van der Waals surface area (Å²) in [6.45, 7) is 0. The molecule has 0 radical (unpaired) electrons. The summed E-state index contributed by atoms with van der Waals surface area (Å²) in [7, 11) is 3.75. The molecule has 0 fully saturated rings. The SMILES string of the molecule is CN1C=C(c2ccc(Cl)cc2)N=C(c2cnn(C)c2)/C1=C/NC=O. The molecule has 0 saturated carbocycles. The number of hydrogen-bond acceptors (Lipinski definition) is 4. The van der Waals surface area contributed by atoms with Crippen molar-refractivity contribution in [3.63, 3.8) is 0 Å². The summed E-state index contributed by atoms with van der Waals surface area (Å²) >= 11 is 5.96. The van der Waals surface area contributed by atoms with E-state index in [2.05, 4.69) is 10.4 Å². The van der Waals surface area contributed by atoms with E-state index >= 15 is 0 Å². The molecule has 0 atom stereocenters. The summed E-state index contributed by atoms with van der Waals surface area (Å²) in [5, 5.41) is 7.46. The van der Waals surface area contributed by atoms with Gasteiger partial charge in [-0.25, -0.2) is 4.99 Å². The van der Waals surface area contributed by atoms with Gasteiger partial charge in [0.1, 0.15) is 0 Å². The summed E-state index contributed by atoms with van der Waals surface area (Å²) in [5.74, 6) is 0. The first-order valence-corrected chi connectivity index (χ1v) is 7.65. The van der Waals surface area contributed by atoms with Crippen LogP contribution in [0.4, 0.5) is 0 Å². The van der Waals surface area contributed by atoms with E-state index in [9.17, 15) is 4.79 Å². The van der Waals surface area contributed by atoms with Crippen LogP contribution in [0.25, 0.3) is 5.70 Å². The van der Waals surface area contributed by atoms with E-state index in [1.807, 2.05) is 55.7 Å². The van der Waals surface area contributed by atoms with Crippen LogP contribution in [0.15, 0.2) is 59.7 Å². The first kappa shape index (κ1) is 16.0. The van der Waals surface area contributed by atoms with E-state index < -0.39 is 0 Å². The Bertz CT molecular complexity index is 848. The van der Waals surface area contributed by atoms with Crippen LogP contribution in [0.3, 0.4) is 0 Å². The smallest absolute Gasteiger partial charge is 0.211 e. The lowest BCUT2D eigenvalue weighted by Gasteiger charge is -2.25. The van der Waals surface area contributed by atoms with Crippen LogP contribution in [0, 0.1) is 0 Å². The van der Waals surface area contributed by atoms with Crippen LogP contribution in [0.2, 0.25) is 5.02 Å². The number of aryl methyl sites for hydroxylation is 1. The topological polar surface area (TPSA) is 62.5 Å². The predicted octanol–water partition coefficient (Wildman–Crippen LogP) is 2.39. The lowest BCUT2D eigenvalue weighted by atomic mass is 10.1. The second-order valence-corrected chi connectivity index (χ2v) is 5.75. The standard InChI is InChI=1S/C17H16ClN5O/c1-22-10-15(12-3-5-14(18)6-4-12)21-17(16(22)8-19-11-24)13-7-20-23(2)9-13/h3-11H,1-2H3,(H,19,24)/b16-8-. The van der Waals surface area contributed by atoms with Gasteiger partial charge in [-0.15, -0.1) is 0 Å². The molecule has 3 rings (SSSR count). The minimum Gasteiger partial charge on any atom is -0.346 e. The van der Waals surface area contributed by atoms with Gasteiger partial charge >= 0.3 is 0 Å². The van der Waals surface area contributed by atoms with E-state index in [1.165, 1.54) is 0 Å². The number of carbonyl (C=O) groups excluding carboxylic acids is 1. The molecule has 1 aromatic heterocycles. The quantitative estimate of drug-likeness (QED) is 0.869. The van der Waals surface area contributed by atoms with Gasteiger partial charge in [0.05, 0.1) is 23.3 Å². The van der Waals surface area contributed by atoms with E-state index in [0.717, 1.165) is 28.2 Å². The minimum absolute atomic E-state index is 0.625. The molecule has 0 spiro atoms. The van der Waals surface area contributed by atoms with Gasteiger partial charge in [0.2, 0.25) is 6.41 Å². The molecule has 122 valence electrons. The molecule has 1 N–H and O–H groups in total. The maximum Gasteiger partial charge on any atom is 0.211 e. The maximum atomic E-state index is 10.7. The molecule has 1 aliphatic rings. The van der Waals surface area contributed by atoms with Crippen LogP contribution in [0.1, 0.15) is 11.1 Å². The molecule has 0 unspecified atom stereocenters. The number of hydrogen-bond donors (Lipinski definition) is 1. The van der Waals surface area contributed by atoms with Gasteiger partial charge in [0.25, 0.3) is 0 Å². The fourth-order valence-corrected chi connectivity index (χ4v) is 2.55. The number of nitrogens with zero attached hydrogens (tertiary/aromatic N) is 4. The molecule has 0 saturated heterocycles. The molecule has 6 nitrogen and oxygen atoms in total. The monoisotopic (exact) mass is 341 g/mol. The van der Waals surface area contributed by atoms with Gasteiger partial charge in [0.15, 0.2) is 0 Å². The Morgan fingerprint density at radius 1 is 1.17 bits per heavy atom. The third-order valence-electron chi connectivity index (χ3n) is 3.58. The number of nitrogens with one attached hydrogen (secondary N) is 1. The summed E-state index contributed by atoms with van der Waals surface area (Å²) in [5.41, 5.74) is 4.12. The average Bonchev–Trinajstić information content (AvgIpc) is 3.00. The number of rotatable bonds is 4. The molecule has 2 heterocycles. The largest absolute Gasteiger partial charge is 0.346 e. The van der Waals surface area contributed by atoms with Crippen molar-refractivity contribution in [2.45, 2.75) is 0 Å². The number of aliphatic imine (C=N–C) groups is 1. The van der Waals surface area contributed by atoms with Gasteiger partial charge in [-0.1, -0.05) is 23.7 Å². The van der Waals surface area contributed by atoms with Crippen molar-refractivity contribution in [2.75, 3.05) is 7.05 Å². The van der Waals surface area contributed by atoms with Crippen LogP contribution in [-0.4, -0.2) is 33.8 Å². The zero-order valence-electron chi connectivity index (χ0n) is 13.3. The molecule has 1 aliphatic heterocycles. The molecule has 7 heteroatoms. The highest BCUT2D eigenvalue weighted by Crippen LogP contribution is 2.27. The van der Waals surface area contributed by atoms with Gasteiger partial charge in [-0.05, 0) is 12.1 Å². The number of halogens is 1. The Morgan fingerprint density at radius 2 is 1.92 bits per heavy atom. The second-order valence-electron chi connectivity index (χ2n) is 5.31. The third kappa shape index (κ3) is 3.23. The summed E-state index contributed by atoms with van der Waals surface area (Å²) in [6, 6.07) is 7.50. The minimum atomic E-state index is 0.625. The Labute approximate surface area is 144 Å². The first-order valence-electron chi connectivity index (χ1n) is 7.27. The fraction of sp³-hybridized carbons (Fsp3) is 0.118. The summed E-state index contributed by atoms with van der Waals surface area (Å²) < 4.78 is 1.71. The summed E-state index contributed by atoms with van der Waals surface area (Å²) in [6.07, 6.45) is 7.77. The number of amides is 1. The highest BCUT2D eigenvalue weighted by atomic mass is 35.5. The normalized spacial score (nSPS) is 16.0. The van der Waals surface area contributed by atoms with Gasteiger partial charge in [-0.2, -0.15) is 5.10 Å². The molecule has 24 heavy (non-hydrogen) atoms. The van der Waals surface area contributed by atoms with Crippen molar-refractivity contribution in [3.8, 4) is 0 Å². The van der Waals surface area contributed by atoms with Crippen molar-refractivity contribution >= 4 is 29.4 Å². The van der Waals surface area contributed by atoms with Crippen LogP contribution in [0.5, 0.6) is 0 Å². The predicted molar refractivity (Wildman–Crippen MR) is 94.2 cm³/mol. The van der Waals surface area contributed by atoms with Crippen LogP contribution < -0.4 is 5.32 Å². The third-order valence-corrected chi connectivity index (χ3v) is 3.83. The Balaban J connectivity index is 2.08. The van der Waals surface area contributed by atoms with Crippen molar-refractivity contribution in [3.05, 3.63) is 70.9 Å². The zero-order valence-corrected chi connectivity index (χ0v) is 14.0. The Kier molecular flexibility index (Phi) is 4.48. The van der Waals surface area contributed by atoms with E-state index in [4.69, 9.17) is 16.6 Å². The number of allylic oxidation sites excluding steroid dienone is 1. The molecule has 0 aliphatic carbocycles. The summed E-state index contributed by atoms with van der Waals surface area (Å²) in [4.78, 5) is 17.3. The van der Waals surface area contributed by atoms with Crippen molar-refractivity contribution < 1.29 is 4.79 Å². The van der Waals surface area contributed by atoms with Gasteiger partial charge < -0.3 is 10.2 Å². The van der Waals surface area contributed by atoms with Crippen molar-refractivity contribution in [2.24, 2.45) is 12.0 Å². The first-order chi connectivity index (χ1) is 11.6. The van der Waals surface area contributed by atoms with Crippen LogP contribution in [-0.2, 0) is 11.8 Å². The number of aromatic nitrogens is 2. The lowest BCUT2D eigenvalue weighted by molar-refractivity contribution is -0.108. The lowest BCUT2D eigenvalue weighted by Crippen LogP contribution is -2.25. The number of likely N-dealkylation sites (N-methyl/N-ethyl adjacent to an activating group) is 1. The second kappa shape index (κ2) is 6.72. The number of benzene rings is 1. The van der Waals surface area contributed by atoms with Crippen molar-refractivity contribution in [1.29, 1.82) is 0 Å². The maximum absolute atomic E-state index is 10.7.